The van der Waals surface area contributed by atoms with Gasteiger partial charge < -0.3 is 10.6 Å². The summed E-state index contributed by atoms with van der Waals surface area (Å²) in [7, 11) is 0. The summed E-state index contributed by atoms with van der Waals surface area (Å²) < 4.78 is 42.3. The molecule has 0 bridgehead atoms. The number of anilines is 1. The summed E-state index contributed by atoms with van der Waals surface area (Å²) >= 11 is 0. The fraction of sp³-hybridized carbons (Fsp3) is 0.304. The van der Waals surface area contributed by atoms with Crippen LogP contribution in [-0.4, -0.2) is 21.9 Å². The van der Waals surface area contributed by atoms with E-state index in [1.54, 1.807) is 0 Å². The summed E-state index contributed by atoms with van der Waals surface area (Å²) in [6, 6.07) is 12.6. The first kappa shape index (κ1) is 21.0. The number of carbonyl (C=O) groups is 1. The third kappa shape index (κ3) is 4.42. The van der Waals surface area contributed by atoms with E-state index in [0.29, 0.717) is 0 Å². The standard InChI is InChI=1S/C23H23F3N4O/c1-14-3-7-16(8-4-14)12-27-22(31)18-13-28-30-20(23(24,25)26)11-19(29-21(18)30)17-9-5-15(2)6-10-17/h3-10,13,19-20,29H,11-12H2,1-2H3,(H,27,31). The topological polar surface area (TPSA) is 59.0 Å². The molecule has 2 N–H and O–H groups in total. The second kappa shape index (κ2) is 8.09. The van der Waals surface area contributed by atoms with Crippen molar-refractivity contribution in [2.45, 2.75) is 45.1 Å². The van der Waals surface area contributed by atoms with Crippen molar-refractivity contribution in [1.29, 1.82) is 0 Å². The molecule has 4 rings (SSSR count). The van der Waals surface area contributed by atoms with Crippen molar-refractivity contribution >= 4 is 11.7 Å². The Balaban J connectivity index is 1.60. The largest absolute Gasteiger partial charge is 0.410 e. The van der Waals surface area contributed by atoms with Gasteiger partial charge in [-0.3, -0.25) is 4.79 Å². The third-order valence-corrected chi connectivity index (χ3v) is 5.54. The molecule has 0 saturated carbocycles. The minimum atomic E-state index is -4.48. The molecule has 31 heavy (non-hydrogen) atoms. The average molecular weight is 428 g/mol. The fourth-order valence-electron chi connectivity index (χ4n) is 3.73. The van der Waals surface area contributed by atoms with Gasteiger partial charge in [-0.05, 0) is 25.0 Å². The summed E-state index contributed by atoms with van der Waals surface area (Å²) in [6.45, 7) is 4.16. The van der Waals surface area contributed by atoms with Crippen LogP contribution in [0.4, 0.5) is 19.0 Å². The van der Waals surface area contributed by atoms with E-state index in [0.717, 1.165) is 26.9 Å². The minimum Gasteiger partial charge on any atom is -0.363 e. The predicted molar refractivity (Wildman–Crippen MR) is 112 cm³/mol. The lowest BCUT2D eigenvalue weighted by Gasteiger charge is -2.34. The average Bonchev–Trinajstić information content (AvgIpc) is 3.16. The van der Waals surface area contributed by atoms with Gasteiger partial charge in [-0.25, -0.2) is 4.68 Å². The van der Waals surface area contributed by atoms with Crippen LogP contribution in [0.3, 0.4) is 0 Å². The molecule has 1 aliphatic rings. The minimum absolute atomic E-state index is 0.0838. The number of fused-ring (bicyclic) bond motifs is 1. The van der Waals surface area contributed by atoms with E-state index < -0.39 is 24.2 Å². The molecule has 5 nitrogen and oxygen atoms in total. The molecular weight excluding hydrogens is 405 g/mol. The van der Waals surface area contributed by atoms with Gasteiger partial charge in [0.15, 0.2) is 6.04 Å². The van der Waals surface area contributed by atoms with Gasteiger partial charge in [0.05, 0.1) is 12.2 Å². The highest BCUT2D eigenvalue weighted by Crippen LogP contribution is 2.44. The maximum Gasteiger partial charge on any atom is 0.410 e. The van der Waals surface area contributed by atoms with Crippen molar-refractivity contribution in [2.24, 2.45) is 0 Å². The van der Waals surface area contributed by atoms with Crippen molar-refractivity contribution in [1.82, 2.24) is 15.1 Å². The van der Waals surface area contributed by atoms with E-state index in [9.17, 15) is 18.0 Å². The highest BCUT2D eigenvalue weighted by molar-refractivity contribution is 5.98. The van der Waals surface area contributed by atoms with E-state index in [2.05, 4.69) is 15.7 Å². The lowest BCUT2D eigenvalue weighted by Crippen LogP contribution is -2.36. The second-order valence-corrected chi connectivity index (χ2v) is 7.92. The van der Waals surface area contributed by atoms with Gasteiger partial charge in [0.1, 0.15) is 11.4 Å². The van der Waals surface area contributed by atoms with E-state index in [-0.39, 0.29) is 24.3 Å². The molecule has 0 fully saturated rings. The molecule has 2 aromatic carbocycles. The maximum absolute atomic E-state index is 13.8. The quantitative estimate of drug-likeness (QED) is 0.609. The molecule has 3 aromatic rings. The molecule has 162 valence electrons. The highest BCUT2D eigenvalue weighted by atomic mass is 19.4. The normalized spacial score (nSPS) is 18.2. The van der Waals surface area contributed by atoms with Gasteiger partial charge in [-0.1, -0.05) is 59.7 Å². The van der Waals surface area contributed by atoms with Gasteiger partial charge in [0.2, 0.25) is 0 Å². The number of alkyl halides is 3. The summed E-state index contributed by atoms with van der Waals surface area (Å²) in [5, 5.41) is 9.79. The number of nitrogens with zero attached hydrogens (tertiary/aromatic N) is 2. The molecule has 0 aliphatic carbocycles. The Morgan fingerprint density at radius 2 is 1.71 bits per heavy atom. The molecule has 2 heterocycles. The first-order chi connectivity index (χ1) is 14.7. The molecule has 2 atom stereocenters. The van der Waals surface area contributed by atoms with Crippen LogP contribution in [0.1, 0.15) is 51.1 Å². The Morgan fingerprint density at radius 3 is 2.32 bits per heavy atom. The van der Waals surface area contributed by atoms with Crippen LogP contribution in [0.25, 0.3) is 0 Å². The zero-order valence-corrected chi connectivity index (χ0v) is 17.2. The Bertz CT molecular complexity index is 1070. The number of carbonyl (C=O) groups excluding carboxylic acids is 1. The monoisotopic (exact) mass is 428 g/mol. The molecule has 8 heteroatoms. The molecule has 1 amide bonds. The van der Waals surface area contributed by atoms with Crippen LogP contribution in [0.2, 0.25) is 0 Å². The number of nitrogens with one attached hydrogen (secondary N) is 2. The van der Waals surface area contributed by atoms with Gasteiger partial charge in [0, 0.05) is 13.0 Å². The summed E-state index contributed by atoms with van der Waals surface area (Å²) in [6.07, 6.45) is -3.49. The van der Waals surface area contributed by atoms with Gasteiger partial charge in [-0.2, -0.15) is 18.3 Å². The molecule has 0 spiro atoms. The molecule has 1 aliphatic heterocycles. The van der Waals surface area contributed by atoms with Crippen molar-refractivity contribution in [3.63, 3.8) is 0 Å². The van der Waals surface area contributed by atoms with Crippen LogP contribution in [-0.2, 0) is 6.54 Å². The molecule has 0 radical (unpaired) electrons. The zero-order valence-electron chi connectivity index (χ0n) is 17.2. The predicted octanol–water partition coefficient (Wildman–Crippen LogP) is 5.09. The third-order valence-electron chi connectivity index (χ3n) is 5.54. The Labute approximate surface area is 178 Å². The van der Waals surface area contributed by atoms with Crippen LogP contribution < -0.4 is 10.6 Å². The van der Waals surface area contributed by atoms with Crippen LogP contribution in [0, 0.1) is 13.8 Å². The molecule has 1 aromatic heterocycles. The first-order valence-electron chi connectivity index (χ1n) is 10.0. The molecule has 0 saturated heterocycles. The number of benzene rings is 2. The number of hydrogen-bond acceptors (Lipinski definition) is 3. The van der Waals surface area contributed by atoms with E-state index in [1.165, 1.54) is 6.20 Å². The van der Waals surface area contributed by atoms with Gasteiger partial charge in [-0.15, -0.1) is 0 Å². The summed E-state index contributed by atoms with van der Waals surface area (Å²) in [5.74, 6) is -0.389. The smallest absolute Gasteiger partial charge is 0.363 e. The lowest BCUT2D eigenvalue weighted by molar-refractivity contribution is -0.173. The van der Waals surface area contributed by atoms with Crippen molar-refractivity contribution < 1.29 is 18.0 Å². The number of amides is 1. The Hall–Kier alpha value is -3.29. The molecular formula is C23H23F3N4O. The van der Waals surface area contributed by atoms with E-state index in [1.807, 2.05) is 62.4 Å². The first-order valence-corrected chi connectivity index (χ1v) is 10.0. The fourth-order valence-corrected chi connectivity index (χ4v) is 3.73. The lowest BCUT2D eigenvalue weighted by atomic mass is 9.96. The van der Waals surface area contributed by atoms with Gasteiger partial charge in [0.25, 0.3) is 5.91 Å². The highest BCUT2D eigenvalue weighted by Gasteiger charge is 2.47. The van der Waals surface area contributed by atoms with Crippen LogP contribution in [0.15, 0.2) is 54.7 Å². The number of halogens is 3. The zero-order chi connectivity index (χ0) is 22.2. The Morgan fingerprint density at radius 1 is 1.10 bits per heavy atom. The number of aromatic nitrogens is 2. The van der Waals surface area contributed by atoms with Crippen molar-refractivity contribution in [2.75, 3.05) is 5.32 Å². The summed E-state index contributed by atoms with van der Waals surface area (Å²) in [4.78, 5) is 12.8. The Kier molecular flexibility index (Phi) is 5.47. The van der Waals surface area contributed by atoms with Crippen molar-refractivity contribution in [3.05, 3.63) is 82.5 Å². The second-order valence-electron chi connectivity index (χ2n) is 7.92. The number of rotatable bonds is 4. The van der Waals surface area contributed by atoms with Crippen LogP contribution >= 0.6 is 0 Å². The van der Waals surface area contributed by atoms with Crippen LogP contribution in [0.5, 0.6) is 0 Å². The van der Waals surface area contributed by atoms with E-state index >= 15 is 0 Å². The maximum atomic E-state index is 13.8. The molecule has 2 unspecified atom stereocenters. The van der Waals surface area contributed by atoms with Crippen molar-refractivity contribution in [3.8, 4) is 0 Å². The van der Waals surface area contributed by atoms with E-state index in [4.69, 9.17) is 0 Å². The SMILES string of the molecule is Cc1ccc(CNC(=O)c2cnn3c2NC(c2ccc(C)cc2)CC3C(F)(F)F)cc1. The van der Waals surface area contributed by atoms with Gasteiger partial charge >= 0.3 is 6.18 Å². The number of hydrogen-bond donors (Lipinski definition) is 2. The summed E-state index contributed by atoms with van der Waals surface area (Å²) in [5.41, 5.74) is 3.86. The number of aryl methyl sites for hydroxylation is 2.